The van der Waals surface area contributed by atoms with Gasteiger partial charge in [-0.05, 0) is 58.7 Å². The Hall–Kier alpha value is -2.48. The minimum absolute atomic E-state index is 0.149. The molecule has 0 saturated heterocycles. The second-order valence-electron chi connectivity index (χ2n) is 7.04. The third kappa shape index (κ3) is 6.02. The number of rotatable bonds is 5. The number of hydrogen-bond donors (Lipinski definition) is 2. The smallest absolute Gasteiger partial charge is 0.412 e. The van der Waals surface area contributed by atoms with Crippen molar-refractivity contribution in [2.45, 2.75) is 53.1 Å². The summed E-state index contributed by atoms with van der Waals surface area (Å²) < 4.78 is 18.9. The molecule has 2 N–H and O–H groups in total. The number of halogens is 1. The van der Waals surface area contributed by atoms with Gasteiger partial charge in [0.1, 0.15) is 16.3 Å². The van der Waals surface area contributed by atoms with E-state index in [2.05, 4.69) is 15.6 Å². The zero-order chi connectivity index (χ0) is 20.2. The molecule has 0 unspecified atom stereocenters. The van der Waals surface area contributed by atoms with Crippen molar-refractivity contribution in [3.63, 3.8) is 0 Å². The molecule has 0 aliphatic carbocycles. The summed E-state index contributed by atoms with van der Waals surface area (Å²) in [5.74, 6) is -0.932. The second kappa shape index (κ2) is 8.47. The van der Waals surface area contributed by atoms with Gasteiger partial charge in [0.15, 0.2) is 0 Å². The van der Waals surface area contributed by atoms with Crippen LogP contribution in [0.4, 0.5) is 20.6 Å². The largest absolute Gasteiger partial charge is 0.444 e. The standard InChI is InChI=1S/C19H24FN3O3S/c1-6-7-15-21-11(2)16(27-15)17(24)22-14-10-12(20)8-9-13(14)23-18(25)26-19(3,4)5/h8-10H,6-7H2,1-5H3,(H,22,24)(H,23,25). The average Bonchev–Trinajstić information content (AvgIpc) is 2.89. The normalized spacial score (nSPS) is 11.2. The van der Waals surface area contributed by atoms with Gasteiger partial charge in [-0.2, -0.15) is 0 Å². The summed E-state index contributed by atoms with van der Waals surface area (Å²) in [7, 11) is 0. The van der Waals surface area contributed by atoms with E-state index < -0.39 is 23.4 Å². The lowest BCUT2D eigenvalue weighted by Crippen LogP contribution is -2.27. The first kappa shape index (κ1) is 20.8. The lowest BCUT2D eigenvalue weighted by Gasteiger charge is -2.20. The van der Waals surface area contributed by atoms with Crippen molar-refractivity contribution in [1.29, 1.82) is 0 Å². The molecule has 2 amide bonds. The van der Waals surface area contributed by atoms with Crippen molar-refractivity contribution < 1.29 is 18.7 Å². The third-order valence-corrected chi connectivity index (χ3v) is 4.59. The minimum atomic E-state index is -0.691. The Morgan fingerprint density at radius 3 is 2.56 bits per heavy atom. The molecule has 0 aliphatic rings. The summed E-state index contributed by atoms with van der Waals surface area (Å²) in [6.45, 7) is 9.01. The maximum absolute atomic E-state index is 13.7. The summed E-state index contributed by atoms with van der Waals surface area (Å²) in [5, 5.41) is 6.07. The topological polar surface area (TPSA) is 80.3 Å². The van der Waals surface area contributed by atoms with Crippen molar-refractivity contribution >= 4 is 34.7 Å². The highest BCUT2D eigenvalue weighted by molar-refractivity contribution is 7.13. The Morgan fingerprint density at radius 1 is 1.22 bits per heavy atom. The van der Waals surface area contributed by atoms with Crippen molar-refractivity contribution in [3.8, 4) is 0 Å². The van der Waals surface area contributed by atoms with E-state index in [4.69, 9.17) is 4.74 Å². The molecule has 146 valence electrons. The number of carbonyl (C=O) groups excluding carboxylic acids is 2. The molecule has 0 spiro atoms. The molecule has 1 heterocycles. The fourth-order valence-corrected chi connectivity index (χ4v) is 3.37. The number of aryl methyl sites for hydroxylation is 2. The number of aromatic nitrogens is 1. The Morgan fingerprint density at radius 2 is 1.93 bits per heavy atom. The summed E-state index contributed by atoms with van der Waals surface area (Å²) in [5.41, 5.74) is 0.341. The highest BCUT2D eigenvalue weighted by Crippen LogP contribution is 2.26. The monoisotopic (exact) mass is 393 g/mol. The quantitative estimate of drug-likeness (QED) is 0.737. The van der Waals surface area contributed by atoms with Gasteiger partial charge in [0.05, 0.1) is 22.1 Å². The Bertz CT molecular complexity index is 843. The number of nitrogens with one attached hydrogen (secondary N) is 2. The van der Waals surface area contributed by atoms with Gasteiger partial charge in [-0.25, -0.2) is 14.2 Å². The highest BCUT2D eigenvalue weighted by atomic mass is 32.1. The highest BCUT2D eigenvalue weighted by Gasteiger charge is 2.20. The molecule has 0 saturated carbocycles. The Kier molecular flexibility index (Phi) is 6.54. The maximum atomic E-state index is 13.7. The third-order valence-electron chi connectivity index (χ3n) is 3.38. The number of carbonyl (C=O) groups is 2. The zero-order valence-corrected chi connectivity index (χ0v) is 16.9. The van der Waals surface area contributed by atoms with Crippen LogP contribution < -0.4 is 10.6 Å². The van der Waals surface area contributed by atoms with Gasteiger partial charge in [-0.15, -0.1) is 11.3 Å². The van der Waals surface area contributed by atoms with Crippen LogP contribution in [-0.2, 0) is 11.2 Å². The van der Waals surface area contributed by atoms with Crippen molar-refractivity contribution in [2.75, 3.05) is 10.6 Å². The van der Waals surface area contributed by atoms with E-state index in [0.29, 0.717) is 10.6 Å². The minimum Gasteiger partial charge on any atom is -0.444 e. The SMILES string of the molecule is CCCc1nc(C)c(C(=O)Nc2cc(F)ccc2NC(=O)OC(C)(C)C)s1. The first-order valence-electron chi connectivity index (χ1n) is 8.66. The number of amides is 2. The van der Waals surface area contributed by atoms with Crippen LogP contribution in [0.3, 0.4) is 0 Å². The van der Waals surface area contributed by atoms with Gasteiger partial charge in [0, 0.05) is 0 Å². The molecule has 0 bridgehead atoms. The van der Waals surface area contributed by atoms with Crippen molar-refractivity contribution in [3.05, 3.63) is 39.6 Å². The summed E-state index contributed by atoms with van der Waals surface area (Å²) in [4.78, 5) is 29.5. The molecule has 8 heteroatoms. The fraction of sp³-hybridized carbons (Fsp3) is 0.421. The van der Waals surface area contributed by atoms with Crippen LogP contribution in [0.2, 0.25) is 0 Å². The van der Waals surface area contributed by atoms with Crippen molar-refractivity contribution in [1.82, 2.24) is 4.98 Å². The van der Waals surface area contributed by atoms with Crippen molar-refractivity contribution in [2.24, 2.45) is 0 Å². The van der Waals surface area contributed by atoms with E-state index in [9.17, 15) is 14.0 Å². The van der Waals surface area contributed by atoms with Crippen LogP contribution in [-0.4, -0.2) is 22.6 Å². The predicted octanol–water partition coefficient (Wildman–Crippen LogP) is 5.14. The molecule has 1 aromatic carbocycles. The van der Waals surface area contributed by atoms with E-state index in [1.54, 1.807) is 27.7 Å². The van der Waals surface area contributed by atoms with Gasteiger partial charge >= 0.3 is 6.09 Å². The summed E-state index contributed by atoms with van der Waals surface area (Å²) in [6, 6.07) is 3.71. The van der Waals surface area contributed by atoms with Crippen LogP contribution in [0.5, 0.6) is 0 Å². The molecule has 6 nitrogen and oxygen atoms in total. The van der Waals surface area contributed by atoms with Crippen LogP contribution in [0.25, 0.3) is 0 Å². The van der Waals surface area contributed by atoms with Gasteiger partial charge in [0.25, 0.3) is 5.91 Å². The second-order valence-corrected chi connectivity index (χ2v) is 8.13. The van der Waals surface area contributed by atoms with Gasteiger partial charge in [-0.3, -0.25) is 10.1 Å². The molecular weight excluding hydrogens is 369 g/mol. The van der Waals surface area contributed by atoms with Gasteiger partial charge in [-0.1, -0.05) is 6.92 Å². The lowest BCUT2D eigenvalue weighted by atomic mass is 10.2. The lowest BCUT2D eigenvalue weighted by molar-refractivity contribution is 0.0635. The average molecular weight is 393 g/mol. The molecule has 0 fully saturated rings. The van der Waals surface area contributed by atoms with Crippen LogP contribution in [0.1, 0.15) is 54.5 Å². The summed E-state index contributed by atoms with van der Waals surface area (Å²) >= 11 is 1.31. The molecular formula is C19H24FN3O3S. The van der Waals surface area contributed by atoms with E-state index in [-0.39, 0.29) is 11.4 Å². The summed E-state index contributed by atoms with van der Waals surface area (Å²) in [6.07, 6.45) is 1.04. The predicted molar refractivity (Wildman–Crippen MR) is 105 cm³/mol. The number of nitrogens with zero attached hydrogens (tertiary/aromatic N) is 1. The maximum Gasteiger partial charge on any atom is 0.412 e. The van der Waals surface area contributed by atoms with E-state index in [1.807, 2.05) is 6.92 Å². The number of thiazole rings is 1. The first-order chi connectivity index (χ1) is 12.6. The van der Waals surface area contributed by atoms with E-state index >= 15 is 0 Å². The van der Waals surface area contributed by atoms with Crippen LogP contribution in [0.15, 0.2) is 18.2 Å². The zero-order valence-electron chi connectivity index (χ0n) is 16.1. The number of ether oxygens (including phenoxy) is 1. The van der Waals surface area contributed by atoms with E-state index in [1.165, 1.54) is 23.5 Å². The van der Waals surface area contributed by atoms with Gasteiger partial charge < -0.3 is 10.1 Å². The number of anilines is 2. The molecule has 27 heavy (non-hydrogen) atoms. The van der Waals surface area contributed by atoms with Crippen LogP contribution >= 0.6 is 11.3 Å². The van der Waals surface area contributed by atoms with Crippen LogP contribution in [0, 0.1) is 12.7 Å². The fourth-order valence-electron chi connectivity index (χ4n) is 2.31. The van der Waals surface area contributed by atoms with Gasteiger partial charge in [0.2, 0.25) is 0 Å². The Balaban J connectivity index is 2.21. The molecule has 0 aliphatic heterocycles. The molecule has 0 atom stereocenters. The molecule has 1 aromatic heterocycles. The Labute approximate surface area is 162 Å². The van der Waals surface area contributed by atoms with E-state index in [0.717, 1.165) is 23.9 Å². The number of benzene rings is 1. The molecule has 0 radical (unpaired) electrons. The molecule has 2 aromatic rings. The first-order valence-corrected chi connectivity index (χ1v) is 9.48. The number of hydrogen-bond acceptors (Lipinski definition) is 5. The molecule has 2 rings (SSSR count).